The summed E-state index contributed by atoms with van der Waals surface area (Å²) in [6.45, 7) is 10.2. The Hall–Kier alpha value is -0.120. The second kappa shape index (κ2) is 8.97. The molecule has 0 aliphatic carbocycles. The number of aliphatic hydroxyl groups excluding tert-OH is 1. The molecule has 3 heteroatoms. The average Bonchev–Trinajstić information content (AvgIpc) is 2.19. The van der Waals surface area contributed by atoms with E-state index in [0.717, 1.165) is 6.54 Å². The van der Waals surface area contributed by atoms with E-state index in [1.54, 1.807) is 0 Å². The molecule has 0 bridgehead atoms. The van der Waals surface area contributed by atoms with Crippen molar-refractivity contribution in [3.05, 3.63) is 0 Å². The Kier molecular flexibility index (Phi) is 8.90. The minimum atomic E-state index is -0.398. The molecule has 0 fully saturated rings. The standard InChI is InChI=1S/C13H29NO2/c1-5-6-7-8-9-14-10-12(15)11-16-13(2,3)4/h12,14-15H,5-11H2,1-4H3. The second-order valence-electron chi connectivity index (χ2n) is 5.34. The highest BCUT2D eigenvalue weighted by atomic mass is 16.5. The van der Waals surface area contributed by atoms with Crippen LogP contribution >= 0.6 is 0 Å². The molecule has 0 amide bonds. The zero-order chi connectivity index (χ0) is 12.4. The van der Waals surface area contributed by atoms with Crippen molar-refractivity contribution in [3.8, 4) is 0 Å². The summed E-state index contributed by atoms with van der Waals surface area (Å²) in [5.74, 6) is 0. The van der Waals surface area contributed by atoms with Gasteiger partial charge < -0.3 is 15.2 Å². The molecule has 0 saturated carbocycles. The SMILES string of the molecule is CCCCCCNCC(O)COC(C)(C)C. The van der Waals surface area contributed by atoms with Gasteiger partial charge in [0, 0.05) is 6.54 Å². The second-order valence-corrected chi connectivity index (χ2v) is 5.34. The molecule has 0 aromatic heterocycles. The predicted octanol–water partition coefficient (Wildman–Crippen LogP) is 2.33. The number of unbranched alkanes of at least 4 members (excludes halogenated alkanes) is 3. The van der Waals surface area contributed by atoms with Gasteiger partial charge in [-0.15, -0.1) is 0 Å². The molecule has 0 heterocycles. The largest absolute Gasteiger partial charge is 0.389 e. The maximum Gasteiger partial charge on any atom is 0.0897 e. The lowest BCUT2D eigenvalue weighted by molar-refractivity contribution is -0.0478. The fourth-order valence-electron chi connectivity index (χ4n) is 1.35. The maximum absolute atomic E-state index is 9.63. The quantitative estimate of drug-likeness (QED) is 0.598. The normalized spacial score (nSPS) is 14.1. The smallest absolute Gasteiger partial charge is 0.0897 e. The van der Waals surface area contributed by atoms with Crippen LogP contribution < -0.4 is 5.32 Å². The van der Waals surface area contributed by atoms with Crippen molar-refractivity contribution in [3.63, 3.8) is 0 Å². The van der Waals surface area contributed by atoms with E-state index >= 15 is 0 Å². The number of ether oxygens (including phenoxy) is 1. The van der Waals surface area contributed by atoms with Gasteiger partial charge in [-0.3, -0.25) is 0 Å². The third-order valence-electron chi connectivity index (χ3n) is 2.30. The summed E-state index contributed by atoms with van der Waals surface area (Å²) in [6.07, 6.45) is 4.64. The van der Waals surface area contributed by atoms with E-state index in [4.69, 9.17) is 4.74 Å². The number of aliphatic hydroxyl groups is 1. The Morgan fingerprint density at radius 1 is 1.19 bits per heavy atom. The first-order valence-electron chi connectivity index (χ1n) is 6.48. The summed E-state index contributed by atoms with van der Waals surface area (Å²) in [7, 11) is 0. The Balaban J connectivity index is 3.27. The Bertz CT molecular complexity index is 155. The summed E-state index contributed by atoms with van der Waals surface area (Å²) in [4.78, 5) is 0. The molecule has 3 nitrogen and oxygen atoms in total. The molecule has 0 rings (SSSR count). The average molecular weight is 231 g/mol. The maximum atomic E-state index is 9.63. The lowest BCUT2D eigenvalue weighted by atomic mass is 10.2. The molecule has 98 valence electrons. The van der Waals surface area contributed by atoms with Crippen LogP contribution in [0.4, 0.5) is 0 Å². The third kappa shape index (κ3) is 12.0. The van der Waals surface area contributed by atoms with Gasteiger partial charge in [0.2, 0.25) is 0 Å². The van der Waals surface area contributed by atoms with Gasteiger partial charge in [0.1, 0.15) is 0 Å². The highest BCUT2D eigenvalue weighted by Crippen LogP contribution is 2.06. The van der Waals surface area contributed by atoms with Crippen molar-refractivity contribution >= 4 is 0 Å². The van der Waals surface area contributed by atoms with Crippen molar-refractivity contribution in [2.24, 2.45) is 0 Å². The van der Waals surface area contributed by atoms with Crippen LogP contribution in [0.2, 0.25) is 0 Å². The molecule has 2 N–H and O–H groups in total. The van der Waals surface area contributed by atoms with E-state index < -0.39 is 6.10 Å². The molecule has 0 aromatic carbocycles. The number of rotatable bonds is 9. The van der Waals surface area contributed by atoms with Crippen LogP contribution in [0.1, 0.15) is 53.4 Å². The van der Waals surface area contributed by atoms with Crippen LogP contribution in [0.3, 0.4) is 0 Å². The van der Waals surface area contributed by atoms with E-state index in [1.165, 1.54) is 25.7 Å². The molecule has 1 unspecified atom stereocenters. The topological polar surface area (TPSA) is 41.5 Å². The molecule has 16 heavy (non-hydrogen) atoms. The molecular formula is C13H29NO2. The lowest BCUT2D eigenvalue weighted by Crippen LogP contribution is -2.34. The van der Waals surface area contributed by atoms with Crippen molar-refractivity contribution < 1.29 is 9.84 Å². The number of hydrogen-bond donors (Lipinski definition) is 2. The van der Waals surface area contributed by atoms with Crippen molar-refractivity contribution in [2.75, 3.05) is 19.7 Å². The fraction of sp³-hybridized carbons (Fsp3) is 1.00. The summed E-state index contributed by atoms with van der Waals surface area (Å²) in [6, 6.07) is 0. The zero-order valence-electron chi connectivity index (χ0n) is 11.4. The van der Waals surface area contributed by atoms with Gasteiger partial charge in [0.15, 0.2) is 0 Å². The Labute approximate surface area is 101 Å². The molecule has 0 aliphatic heterocycles. The van der Waals surface area contributed by atoms with E-state index in [-0.39, 0.29) is 5.60 Å². The van der Waals surface area contributed by atoms with Crippen LogP contribution in [0, 0.1) is 0 Å². The third-order valence-corrected chi connectivity index (χ3v) is 2.30. The van der Waals surface area contributed by atoms with Crippen LogP contribution in [0.15, 0.2) is 0 Å². The summed E-state index contributed by atoms with van der Waals surface area (Å²) in [5, 5.41) is 12.9. The first kappa shape index (κ1) is 15.9. The number of nitrogens with one attached hydrogen (secondary N) is 1. The summed E-state index contributed by atoms with van der Waals surface area (Å²) in [5.41, 5.74) is -0.165. The van der Waals surface area contributed by atoms with Crippen LogP contribution in [0.25, 0.3) is 0 Å². The van der Waals surface area contributed by atoms with Crippen LogP contribution in [0.5, 0.6) is 0 Å². The molecular weight excluding hydrogens is 202 g/mol. The van der Waals surface area contributed by atoms with Gasteiger partial charge in [0.05, 0.1) is 18.3 Å². The van der Waals surface area contributed by atoms with Gasteiger partial charge in [-0.2, -0.15) is 0 Å². The highest BCUT2D eigenvalue weighted by Gasteiger charge is 2.12. The fourth-order valence-corrected chi connectivity index (χ4v) is 1.35. The van der Waals surface area contributed by atoms with E-state index in [1.807, 2.05) is 20.8 Å². The van der Waals surface area contributed by atoms with Gasteiger partial charge in [-0.05, 0) is 33.7 Å². The van der Waals surface area contributed by atoms with E-state index in [2.05, 4.69) is 12.2 Å². The van der Waals surface area contributed by atoms with Gasteiger partial charge in [-0.25, -0.2) is 0 Å². The van der Waals surface area contributed by atoms with E-state index in [0.29, 0.717) is 13.2 Å². The van der Waals surface area contributed by atoms with Gasteiger partial charge in [0.25, 0.3) is 0 Å². The number of hydrogen-bond acceptors (Lipinski definition) is 3. The molecule has 0 aliphatic rings. The molecule has 1 atom stereocenters. The van der Waals surface area contributed by atoms with Gasteiger partial charge in [-0.1, -0.05) is 26.2 Å². The summed E-state index contributed by atoms with van der Waals surface area (Å²) >= 11 is 0. The Morgan fingerprint density at radius 2 is 1.88 bits per heavy atom. The van der Waals surface area contributed by atoms with Crippen molar-refractivity contribution in [2.45, 2.75) is 65.1 Å². The molecule has 0 spiro atoms. The van der Waals surface area contributed by atoms with Crippen molar-refractivity contribution in [1.29, 1.82) is 0 Å². The summed E-state index contributed by atoms with van der Waals surface area (Å²) < 4.78 is 5.50. The molecule has 0 radical (unpaired) electrons. The van der Waals surface area contributed by atoms with E-state index in [9.17, 15) is 5.11 Å². The first-order valence-corrected chi connectivity index (χ1v) is 6.48. The highest BCUT2D eigenvalue weighted by molar-refractivity contribution is 4.64. The van der Waals surface area contributed by atoms with Crippen molar-refractivity contribution in [1.82, 2.24) is 5.32 Å². The first-order chi connectivity index (χ1) is 7.45. The molecule has 0 saturated heterocycles. The predicted molar refractivity (Wildman–Crippen MR) is 68.7 cm³/mol. The zero-order valence-corrected chi connectivity index (χ0v) is 11.4. The van der Waals surface area contributed by atoms with Crippen LogP contribution in [-0.2, 0) is 4.74 Å². The van der Waals surface area contributed by atoms with Crippen LogP contribution in [-0.4, -0.2) is 36.5 Å². The monoisotopic (exact) mass is 231 g/mol. The Morgan fingerprint density at radius 3 is 2.44 bits per heavy atom. The minimum Gasteiger partial charge on any atom is -0.389 e. The lowest BCUT2D eigenvalue weighted by Gasteiger charge is -2.22. The minimum absolute atomic E-state index is 0.165. The van der Waals surface area contributed by atoms with Gasteiger partial charge >= 0.3 is 0 Å². The molecule has 0 aromatic rings.